The van der Waals surface area contributed by atoms with E-state index in [9.17, 15) is 4.79 Å². The highest BCUT2D eigenvalue weighted by Gasteiger charge is 2.17. The molecule has 0 aliphatic carbocycles. The van der Waals surface area contributed by atoms with Crippen LogP contribution in [0.2, 0.25) is 0 Å². The Labute approximate surface area is 175 Å². The molecule has 0 radical (unpaired) electrons. The van der Waals surface area contributed by atoms with E-state index in [0.29, 0.717) is 12.5 Å². The van der Waals surface area contributed by atoms with Crippen LogP contribution in [-0.4, -0.2) is 37.2 Å². The average Bonchev–Trinajstić information content (AvgIpc) is 3.23. The molecule has 0 aliphatic heterocycles. The first-order valence-corrected chi connectivity index (χ1v) is 10.1. The molecule has 1 amide bonds. The zero-order chi connectivity index (χ0) is 21.3. The first-order valence-electron chi connectivity index (χ1n) is 10.1. The van der Waals surface area contributed by atoms with Gasteiger partial charge in [-0.3, -0.25) is 4.79 Å². The standard InChI is InChI=1S/C23H26N6O/c1-14-11-15(2)27-23(26-14)29-17(4)20(16(3)28-29)12-22(30)24-10-9-18-13-25-21-8-6-5-7-19(18)21/h5-8,11,13,25H,9-10,12H2,1-4H3,(H,24,30). The molecule has 3 aromatic heterocycles. The SMILES string of the molecule is Cc1cc(C)nc(-n2nc(C)c(CC(=O)NCCc3c[nH]c4ccccc34)c2C)n1. The van der Waals surface area contributed by atoms with Crippen LogP contribution in [0.4, 0.5) is 0 Å². The number of carbonyl (C=O) groups is 1. The highest BCUT2D eigenvalue weighted by atomic mass is 16.1. The summed E-state index contributed by atoms with van der Waals surface area (Å²) in [7, 11) is 0. The first-order chi connectivity index (χ1) is 14.4. The van der Waals surface area contributed by atoms with Crippen molar-refractivity contribution in [1.29, 1.82) is 0 Å². The zero-order valence-electron chi connectivity index (χ0n) is 17.8. The maximum atomic E-state index is 12.6. The molecule has 0 aliphatic rings. The Morgan fingerprint density at radius 3 is 2.60 bits per heavy atom. The second-order valence-corrected chi connectivity index (χ2v) is 7.65. The summed E-state index contributed by atoms with van der Waals surface area (Å²) in [6.45, 7) is 8.33. The summed E-state index contributed by atoms with van der Waals surface area (Å²) in [6.07, 6.45) is 3.08. The largest absolute Gasteiger partial charge is 0.361 e. The van der Waals surface area contributed by atoms with Gasteiger partial charge < -0.3 is 10.3 Å². The van der Waals surface area contributed by atoms with Gasteiger partial charge in [-0.25, -0.2) is 14.6 Å². The van der Waals surface area contributed by atoms with Gasteiger partial charge in [-0.15, -0.1) is 0 Å². The molecule has 0 fully saturated rings. The summed E-state index contributed by atoms with van der Waals surface area (Å²) in [4.78, 5) is 24.8. The summed E-state index contributed by atoms with van der Waals surface area (Å²) < 4.78 is 1.73. The maximum Gasteiger partial charge on any atom is 0.251 e. The van der Waals surface area contributed by atoms with Gasteiger partial charge in [0.25, 0.3) is 5.95 Å². The van der Waals surface area contributed by atoms with Gasteiger partial charge in [0.15, 0.2) is 0 Å². The summed E-state index contributed by atoms with van der Waals surface area (Å²) in [5.41, 5.74) is 6.74. The number of benzene rings is 1. The Balaban J connectivity index is 1.42. The summed E-state index contributed by atoms with van der Waals surface area (Å²) in [5, 5.41) is 8.82. The van der Waals surface area contributed by atoms with Crippen LogP contribution in [0, 0.1) is 27.7 Å². The fourth-order valence-electron chi connectivity index (χ4n) is 3.83. The molecule has 0 unspecified atom stereocenters. The molecule has 0 spiro atoms. The van der Waals surface area contributed by atoms with E-state index in [-0.39, 0.29) is 12.3 Å². The Bertz CT molecular complexity index is 1200. The van der Waals surface area contributed by atoms with Crippen LogP contribution >= 0.6 is 0 Å². The van der Waals surface area contributed by atoms with Crippen molar-refractivity contribution < 1.29 is 4.79 Å². The Hall–Kier alpha value is -3.48. The Morgan fingerprint density at radius 2 is 1.83 bits per heavy atom. The van der Waals surface area contributed by atoms with Gasteiger partial charge in [0.2, 0.25) is 5.91 Å². The minimum Gasteiger partial charge on any atom is -0.361 e. The normalized spacial score (nSPS) is 11.2. The average molecular weight is 403 g/mol. The second kappa shape index (κ2) is 8.10. The molecular weight excluding hydrogens is 376 g/mol. The van der Waals surface area contributed by atoms with Crippen molar-refractivity contribution >= 4 is 16.8 Å². The lowest BCUT2D eigenvalue weighted by Gasteiger charge is -2.07. The molecule has 7 nitrogen and oxygen atoms in total. The number of rotatable bonds is 6. The van der Waals surface area contributed by atoms with E-state index in [2.05, 4.69) is 37.5 Å². The molecule has 2 N–H and O–H groups in total. The van der Waals surface area contributed by atoms with Crippen molar-refractivity contribution in [1.82, 2.24) is 30.0 Å². The minimum atomic E-state index is -0.0121. The summed E-state index contributed by atoms with van der Waals surface area (Å²) in [5.74, 6) is 0.529. The van der Waals surface area contributed by atoms with Crippen LogP contribution in [-0.2, 0) is 17.6 Å². The fourth-order valence-corrected chi connectivity index (χ4v) is 3.83. The molecule has 7 heteroatoms. The number of aromatic nitrogens is 5. The van der Waals surface area contributed by atoms with Gasteiger partial charge in [-0.05, 0) is 51.8 Å². The molecule has 4 aromatic rings. The molecule has 154 valence electrons. The molecule has 0 saturated heterocycles. The van der Waals surface area contributed by atoms with Gasteiger partial charge in [0.1, 0.15) is 0 Å². The molecule has 4 rings (SSSR count). The maximum absolute atomic E-state index is 12.6. The molecule has 3 heterocycles. The number of para-hydroxylation sites is 1. The number of hydrogen-bond donors (Lipinski definition) is 2. The number of amides is 1. The van der Waals surface area contributed by atoms with Crippen molar-refractivity contribution in [2.75, 3.05) is 6.54 Å². The first kappa shape index (κ1) is 19.8. The number of hydrogen-bond acceptors (Lipinski definition) is 4. The van der Waals surface area contributed by atoms with E-state index in [1.54, 1.807) is 4.68 Å². The lowest BCUT2D eigenvalue weighted by molar-refractivity contribution is -0.120. The lowest BCUT2D eigenvalue weighted by Crippen LogP contribution is -2.27. The molecule has 30 heavy (non-hydrogen) atoms. The van der Waals surface area contributed by atoms with E-state index in [1.807, 2.05) is 52.1 Å². The van der Waals surface area contributed by atoms with E-state index < -0.39 is 0 Å². The van der Waals surface area contributed by atoms with Gasteiger partial charge in [0.05, 0.1) is 12.1 Å². The van der Waals surface area contributed by atoms with Crippen molar-refractivity contribution in [2.45, 2.75) is 40.5 Å². The van der Waals surface area contributed by atoms with Crippen molar-refractivity contribution in [3.05, 3.63) is 70.4 Å². The lowest BCUT2D eigenvalue weighted by atomic mass is 10.1. The fraction of sp³-hybridized carbons (Fsp3) is 0.304. The van der Waals surface area contributed by atoms with Crippen LogP contribution in [0.1, 0.15) is 33.9 Å². The molecule has 1 aromatic carbocycles. The van der Waals surface area contributed by atoms with Gasteiger partial charge in [0, 0.05) is 46.3 Å². The van der Waals surface area contributed by atoms with Crippen LogP contribution in [0.3, 0.4) is 0 Å². The van der Waals surface area contributed by atoms with Crippen LogP contribution in [0.5, 0.6) is 0 Å². The minimum absolute atomic E-state index is 0.0121. The van der Waals surface area contributed by atoms with Crippen molar-refractivity contribution in [3.63, 3.8) is 0 Å². The monoisotopic (exact) mass is 402 g/mol. The Kier molecular flexibility index (Phi) is 5.35. The van der Waals surface area contributed by atoms with Crippen molar-refractivity contribution in [3.8, 4) is 5.95 Å². The molecular formula is C23H26N6O. The number of carbonyl (C=O) groups excluding carboxylic acids is 1. The van der Waals surface area contributed by atoms with Crippen LogP contribution < -0.4 is 5.32 Å². The van der Waals surface area contributed by atoms with E-state index >= 15 is 0 Å². The second-order valence-electron chi connectivity index (χ2n) is 7.65. The summed E-state index contributed by atoms with van der Waals surface area (Å²) in [6, 6.07) is 10.1. The third kappa shape index (κ3) is 3.96. The van der Waals surface area contributed by atoms with Crippen LogP contribution in [0.15, 0.2) is 36.5 Å². The Morgan fingerprint density at radius 1 is 1.10 bits per heavy atom. The number of aromatic amines is 1. The summed E-state index contributed by atoms with van der Waals surface area (Å²) >= 11 is 0. The number of nitrogens with one attached hydrogen (secondary N) is 2. The smallest absolute Gasteiger partial charge is 0.251 e. The van der Waals surface area contributed by atoms with Crippen molar-refractivity contribution in [2.24, 2.45) is 0 Å². The van der Waals surface area contributed by atoms with E-state index in [1.165, 1.54) is 10.9 Å². The zero-order valence-corrected chi connectivity index (χ0v) is 17.8. The third-order valence-electron chi connectivity index (χ3n) is 5.33. The topological polar surface area (TPSA) is 88.5 Å². The predicted molar refractivity (Wildman–Crippen MR) is 117 cm³/mol. The van der Waals surface area contributed by atoms with Crippen LogP contribution in [0.25, 0.3) is 16.9 Å². The van der Waals surface area contributed by atoms with Gasteiger partial charge in [-0.1, -0.05) is 18.2 Å². The highest BCUT2D eigenvalue weighted by Crippen LogP contribution is 2.19. The quantitative estimate of drug-likeness (QED) is 0.518. The van der Waals surface area contributed by atoms with Gasteiger partial charge in [-0.2, -0.15) is 5.10 Å². The molecule has 0 saturated carbocycles. The highest BCUT2D eigenvalue weighted by molar-refractivity contribution is 5.83. The number of aryl methyl sites for hydroxylation is 3. The third-order valence-corrected chi connectivity index (χ3v) is 5.33. The van der Waals surface area contributed by atoms with Gasteiger partial charge >= 0.3 is 0 Å². The number of fused-ring (bicyclic) bond motifs is 1. The van der Waals surface area contributed by atoms with E-state index in [4.69, 9.17) is 0 Å². The number of H-pyrrole nitrogens is 1. The molecule has 0 bridgehead atoms. The number of nitrogens with zero attached hydrogens (tertiary/aromatic N) is 4. The van der Waals surface area contributed by atoms with E-state index in [0.717, 1.165) is 40.3 Å². The predicted octanol–water partition coefficient (Wildman–Crippen LogP) is 3.28. The molecule has 0 atom stereocenters.